The largest absolute Gasteiger partial charge is 0.497 e. The smallest absolute Gasteiger partial charge is 0.251 e. The minimum Gasteiger partial charge on any atom is -0.497 e. The van der Waals surface area contributed by atoms with Gasteiger partial charge in [0.1, 0.15) is 5.75 Å². The van der Waals surface area contributed by atoms with Crippen LogP contribution >= 0.6 is 0 Å². The topological polar surface area (TPSA) is 152 Å². The molecule has 0 saturated heterocycles. The summed E-state index contributed by atoms with van der Waals surface area (Å²) in [6, 6.07) is 16.6. The standard InChI is InChI=1S/C30H43N7O5/c1-22(2)19-25(21-38)34-30-36-28(35-29(37-30)33-20-23-9-11-26(40-3)12-10-23)32-14-16-42-18-17-41-15-13-31-27(39)24-7-5-4-6-8-24/h4-12,22,25,38H,13-21H2,1-3H3,(H,31,39)(H3,32,33,34,35,36,37)/t25-/m1/s1. The lowest BCUT2D eigenvalue weighted by atomic mass is 10.0. The number of benzene rings is 2. The first-order valence-electron chi connectivity index (χ1n) is 14.2. The zero-order valence-electron chi connectivity index (χ0n) is 24.6. The molecular weight excluding hydrogens is 538 g/mol. The molecular formula is C30H43N7O5. The molecule has 0 radical (unpaired) electrons. The molecule has 0 fully saturated rings. The second-order valence-electron chi connectivity index (χ2n) is 9.93. The molecule has 5 N–H and O–H groups in total. The second kappa shape index (κ2) is 18.4. The van der Waals surface area contributed by atoms with E-state index in [1.165, 1.54) is 0 Å². The molecule has 1 aromatic heterocycles. The lowest BCUT2D eigenvalue weighted by Gasteiger charge is -2.19. The average Bonchev–Trinajstić information content (AvgIpc) is 3.01. The molecule has 0 saturated carbocycles. The summed E-state index contributed by atoms with van der Waals surface area (Å²) in [5, 5.41) is 22.3. The van der Waals surface area contributed by atoms with Crippen LogP contribution in [-0.4, -0.2) is 85.2 Å². The van der Waals surface area contributed by atoms with Crippen LogP contribution in [0.1, 0.15) is 36.2 Å². The summed E-state index contributed by atoms with van der Waals surface area (Å²) in [6.45, 7) is 7.24. The third kappa shape index (κ3) is 12.2. The van der Waals surface area contributed by atoms with Gasteiger partial charge < -0.3 is 40.6 Å². The quantitative estimate of drug-likeness (QED) is 0.125. The van der Waals surface area contributed by atoms with Crippen LogP contribution in [-0.2, 0) is 16.0 Å². The van der Waals surface area contributed by atoms with E-state index in [1.807, 2.05) is 42.5 Å². The third-order valence-electron chi connectivity index (χ3n) is 6.02. The van der Waals surface area contributed by atoms with Crippen molar-refractivity contribution < 1.29 is 24.1 Å². The fourth-order valence-electron chi connectivity index (χ4n) is 3.94. The first-order valence-corrected chi connectivity index (χ1v) is 14.2. The number of aliphatic hydroxyl groups is 1. The summed E-state index contributed by atoms with van der Waals surface area (Å²) < 4.78 is 16.4. The Morgan fingerprint density at radius 3 is 2.12 bits per heavy atom. The number of aromatic nitrogens is 3. The highest BCUT2D eigenvalue weighted by molar-refractivity contribution is 5.94. The predicted molar refractivity (Wildman–Crippen MR) is 163 cm³/mol. The van der Waals surface area contributed by atoms with E-state index in [9.17, 15) is 9.90 Å². The Kier molecular flexibility index (Phi) is 14.3. The lowest BCUT2D eigenvalue weighted by Crippen LogP contribution is -2.27. The van der Waals surface area contributed by atoms with Crippen LogP contribution in [0.2, 0.25) is 0 Å². The minimum atomic E-state index is -0.176. The van der Waals surface area contributed by atoms with E-state index in [1.54, 1.807) is 19.2 Å². The lowest BCUT2D eigenvalue weighted by molar-refractivity contribution is 0.0519. The van der Waals surface area contributed by atoms with Crippen LogP contribution in [0, 0.1) is 5.92 Å². The molecule has 0 bridgehead atoms. The maximum absolute atomic E-state index is 12.0. The Hall–Kier alpha value is -4.00. The van der Waals surface area contributed by atoms with Crippen molar-refractivity contribution >= 4 is 23.8 Å². The summed E-state index contributed by atoms with van der Waals surface area (Å²) in [6.07, 6.45) is 0.773. The third-order valence-corrected chi connectivity index (χ3v) is 6.02. The normalized spacial score (nSPS) is 11.6. The second-order valence-corrected chi connectivity index (χ2v) is 9.93. The molecule has 0 aliphatic carbocycles. The van der Waals surface area contributed by atoms with E-state index in [-0.39, 0.29) is 18.6 Å². The molecule has 0 spiro atoms. The van der Waals surface area contributed by atoms with Gasteiger partial charge in [-0.05, 0) is 42.2 Å². The van der Waals surface area contributed by atoms with Crippen LogP contribution in [0.15, 0.2) is 54.6 Å². The monoisotopic (exact) mass is 581 g/mol. The van der Waals surface area contributed by atoms with Gasteiger partial charge in [-0.3, -0.25) is 4.79 Å². The Morgan fingerprint density at radius 2 is 1.48 bits per heavy atom. The van der Waals surface area contributed by atoms with Gasteiger partial charge in [0.05, 0.1) is 46.2 Å². The molecule has 0 unspecified atom stereocenters. The van der Waals surface area contributed by atoms with Crippen molar-refractivity contribution in [2.24, 2.45) is 5.92 Å². The first-order chi connectivity index (χ1) is 20.5. The van der Waals surface area contributed by atoms with Gasteiger partial charge in [-0.1, -0.05) is 44.2 Å². The van der Waals surface area contributed by atoms with Gasteiger partial charge in [0, 0.05) is 25.2 Å². The van der Waals surface area contributed by atoms with Crippen molar-refractivity contribution in [3.05, 3.63) is 65.7 Å². The number of aliphatic hydroxyl groups excluding tert-OH is 1. The molecule has 1 atom stereocenters. The average molecular weight is 582 g/mol. The van der Waals surface area contributed by atoms with Gasteiger partial charge in [0.25, 0.3) is 5.91 Å². The highest BCUT2D eigenvalue weighted by Gasteiger charge is 2.14. The van der Waals surface area contributed by atoms with Crippen molar-refractivity contribution in [2.75, 3.05) is 69.2 Å². The predicted octanol–water partition coefficient (Wildman–Crippen LogP) is 3.19. The number of hydrogen-bond acceptors (Lipinski definition) is 11. The number of amides is 1. The van der Waals surface area contributed by atoms with Gasteiger partial charge in [-0.25, -0.2) is 0 Å². The summed E-state index contributed by atoms with van der Waals surface area (Å²) in [4.78, 5) is 25.5. The number of nitrogens with one attached hydrogen (secondary N) is 4. The highest BCUT2D eigenvalue weighted by Crippen LogP contribution is 2.16. The van der Waals surface area contributed by atoms with Crippen molar-refractivity contribution in [3.63, 3.8) is 0 Å². The van der Waals surface area contributed by atoms with Crippen molar-refractivity contribution in [3.8, 4) is 5.75 Å². The van der Waals surface area contributed by atoms with Crippen molar-refractivity contribution in [1.82, 2.24) is 20.3 Å². The zero-order chi connectivity index (χ0) is 30.0. The summed E-state index contributed by atoms with van der Waals surface area (Å²) in [5.41, 5.74) is 1.67. The minimum absolute atomic E-state index is 0.0312. The highest BCUT2D eigenvalue weighted by atomic mass is 16.5. The molecule has 228 valence electrons. The van der Waals surface area contributed by atoms with E-state index < -0.39 is 0 Å². The van der Waals surface area contributed by atoms with Crippen molar-refractivity contribution in [2.45, 2.75) is 32.9 Å². The number of nitrogens with zero attached hydrogens (tertiary/aromatic N) is 3. The SMILES string of the molecule is COc1ccc(CNc2nc(NCCOCCOCCNC(=O)c3ccccc3)nc(N[C@@H](CO)CC(C)C)n2)cc1. The van der Waals surface area contributed by atoms with Gasteiger partial charge in [-0.2, -0.15) is 15.0 Å². The summed E-state index contributed by atoms with van der Waals surface area (Å²) >= 11 is 0. The molecule has 1 heterocycles. The zero-order valence-corrected chi connectivity index (χ0v) is 24.6. The molecule has 3 aromatic rings. The molecule has 3 rings (SSSR count). The Morgan fingerprint density at radius 1 is 0.833 bits per heavy atom. The molecule has 1 amide bonds. The molecule has 0 aliphatic heterocycles. The van der Waals surface area contributed by atoms with Crippen LogP contribution in [0.4, 0.5) is 17.8 Å². The molecule has 2 aromatic carbocycles. The van der Waals surface area contributed by atoms with E-state index in [0.29, 0.717) is 75.4 Å². The Balaban J connectivity index is 1.42. The van der Waals surface area contributed by atoms with Gasteiger partial charge in [0.2, 0.25) is 17.8 Å². The first kappa shape index (κ1) is 32.5. The Bertz CT molecular complexity index is 1180. The van der Waals surface area contributed by atoms with E-state index in [2.05, 4.69) is 50.1 Å². The van der Waals surface area contributed by atoms with Crippen LogP contribution < -0.4 is 26.0 Å². The van der Waals surface area contributed by atoms with Gasteiger partial charge >= 0.3 is 0 Å². The number of ether oxygens (including phenoxy) is 3. The van der Waals surface area contributed by atoms with E-state index in [4.69, 9.17) is 14.2 Å². The van der Waals surface area contributed by atoms with Crippen molar-refractivity contribution in [1.29, 1.82) is 0 Å². The van der Waals surface area contributed by atoms with E-state index >= 15 is 0 Å². The number of methoxy groups -OCH3 is 1. The number of rotatable bonds is 20. The molecule has 12 nitrogen and oxygen atoms in total. The number of carbonyl (C=O) groups is 1. The van der Waals surface area contributed by atoms with E-state index in [0.717, 1.165) is 17.7 Å². The maximum Gasteiger partial charge on any atom is 0.251 e. The number of carbonyl (C=O) groups excluding carboxylic acids is 1. The van der Waals surface area contributed by atoms with Crippen LogP contribution in [0.5, 0.6) is 5.75 Å². The van der Waals surface area contributed by atoms with Crippen LogP contribution in [0.25, 0.3) is 0 Å². The fourth-order valence-corrected chi connectivity index (χ4v) is 3.94. The molecule has 12 heteroatoms. The van der Waals surface area contributed by atoms with Gasteiger partial charge in [-0.15, -0.1) is 0 Å². The summed E-state index contributed by atoms with van der Waals surface area (Å²) in [5.74, 6) is 2.23. The summed E-state index contributed by atoms with van der Waals surface area (Å²) in [7, 11) is 1.63. The molecule has 0 aliphatic rings. The number of hydrogen-bond donors (Lipinski definition) is 5. The maximum atomic E-state index is 12.0. The van der Waals surface area contributed by atoms with Crippen LogP contribution in [0.3, 0.4) is 0 Å². The Labute approximate surface area is 247 Å². The van der Waals surface area contributed by atoms with Gasteiger partial charge in [0.15, 0.2) is 0 Å². The number of anilines is 3. The molecule has 42 heavy (non-hydrogen) atoms. The fraction of sp³-hybridized carbons (Fsp3) is 0.467.